The first-order valence-corrected chi connectivity index (χ1v) is 8.61. The average Bonchev–Trinajstić information content (AvgIpc) is 3.32. The number of benzene rings is 1. The second-order valence-corrected chi connectivity index (χ2v) is 6.97. The molecule has 2 heterocycles. The van der Waals surface area contributed by atoms with Crippen LogP contribution in [0, 0.1) is 5.92 Å². The third-order valence-corrected chi connectivity index (χ3v) is 5.19. The lowest BCUT2D eigenvalue weighted by atomic mass is 9.81. The fourth-order valence-corrected chi connectivity index (χ4v) is 3.70. The van der Waals surface area contributed by atoms with Crippen LogP contribution in [0.4, 0.5) is 0 Å². The van der Waals surface area contributed by atoms with Gasteiger partial charge in [0.15, 0.2) is 0 Å². The van der Waals surface area contributed by atoms with Crippen molar-refractivity contribution < 1.29 is 4.79 Å². The minimum absolute atomic E-state index is 0.135. The number of hydrogen-bond acceptors (Lipinski definition) is 2. The highest BCUT2D eigenvalue weighted by molar-refractivity contribution is 5.93. The summed E-state index contributed by atoms with van der Waals surface area (Å²) in [5.41, 5.74) is 2.14. The lowest BCUT2D eigenvalue weighted by Gasteiger charge is -2.37. The lowest BCUT2D eigenvalue weighted by molar-refractivity contribution is 0.0660. The van der Waals surface area contributed by atoms with E-state index in [4.69, 9.17) is 0 Å². The zero-order chi connectivity index (χ0) is 15.8. The van der Waals surface area contributed by atoms with Crippen molar-refractivity contribution in [3.63, 3.8) is 0 Å². The second kappa shape index (κ2) is 5.84. The van der Waals surface area contributed by atoms with E-state index in [1.54, 1.807) is 6.20 Å². The summed E-state index contributed by atoms with van der Waals surface area (Å²) in [5.74, 6) is 1.17. The summed E-state index contributed by atoms with van der Waals surface area (Å²) < 4.78 is 1.95. The normalized spacial score (nSPS) is 24.7. The van der Waals surface area contributed by atoms with Crippen molar-refractivity contribution in [3.8, 4) is 0 Å². The Labute approximate surface area is 137 Å². The third-order valence-electron chi connectivity index (χ3n) is 5.19. The molecule has 4 heteroatoms. The molecule has 1 aromatic heterocycles. The van der Waals surface area contributed by atoms with Gasteiger partial charge in [-0.25, -0.2) is 0 Å². The van der Waals surface area contributed by atoms with E-state index in [2.05, 4.69) is 42.4 Å². The Bertz CT molecular complexity index is 690. The molecule has 4 nitrogen and oxygen atoms in total. The zero-order valence-corrected chi connectivity index (χ0v) is 13.6. The monoisotopic (exact) mass is 309 g/mol. The molecule has 1 aliphatic carbocycles. The van der Waals surface area contributed by atoms with Gasteiger partial charge in [0.25, 0.3) is 5.91 Å². The summed E-state index contributed by atoms with van der Waals surface area (Å²) >= 11 is 0. The van der Waals surface area contributed by atoms with Crippen LogP contribution in [0.15, 0.2) is 42.7 Å². The fraction of sp³-hybridized carbons (Fsp3) is 0.474. The molecule has 23 heavy (non-hydrogen) atoms. The molecule has 0 radical (unpaired) electrons. The van der Waals surface area contributed by atoms with Gasteiger partial charge in [-0.05, 0) is 36.7 Å². The molecular weight excluding hydrogens is 286 g/mol. The molecule has 1 aromatic carbocycles. The number of nitrogens with zero attached hydrogens (tertiary/aromatic N) is 3. The molecule has 4 rings (SSSR count). The predicted octanol–water partition coefficient (Wildman–Crippen LogP) is 3.48. The molecule has 1 saturated carbocycles. The SMILES string of the molecule is CC1CN(C(=O)c2cnn(C3CC3)c2)CCC1c1ccccc1. The number of aromatic nitrogens is 2. The van der Waals surface area contributed by atoms with E-state index in [0.29, 0.717) is 17.9 Å². The van der Waals surface area contributed by atoms with E-state index in [1.807, 2.05) is 15.8 Å². The van der Waals surface area contributed by atoms with E-state index in [-0.39, 0.29) is 5.91 Å². The van der Waals surface area contributed by atoms with E-state index in [0.717, 1.165) is 25.1 Å². The van der Waals surface area contributed by atoms with Gasteiger partial charge in [0.2, 0.25) is 0 Å². The minimum Gasteiger partial charge on any atom is -0.338 e. The van der Waals surface area contributed by atoms with Crippen LogP contribution in [0.2, 0.25) is 0 Å². The van der Waals surface area contributed by atoms with E-state index in [1.165, 1.54) is 18.4 Å². The maximum Gasteiger partial charge on any atom is 0.257 e. The minimum atomic E-state index is 0.135. The molecule has 1 amide bonds. The molecule has 2 aromatic rings. The first kappa shape index (κ1) is 14.5. The maximum absolute atomic E-state index is 12.7. The Morgan fingerprint density at radius 2 is 1.96 bits per heavy atom. The first-order chi connectivity index (χ1) is 11.2. The Hall–Kier alpha value is -2.10. The Morgan fingerprint density at radius 3 is 2.65 bits per heavy atom. The Morgan fingerprint density at radius 1 is 1.17 bits per heavy atom. The molecule has 2 unspecified atom stereocenters. The summed E-state index contributed by atoms with van der Waals surface area (Å²) in [6.45, 7) is 3.91. The van der Waals surface area contributed by atoms with Gasteiger partial charge < -0.3 is 4.90 Å². The van der Waals surface area contributed by atoms with Crippen molar-refractivity contribution in [1.82, 2.24) is 14.7 Å². The number of likely N-dealkylation sites (tertiary alicyclic amines) is 1. The molecule has 0 spiro atoms. The molecule has 2 atom stereocenters. The molecule has 0 bridgehead atoms. The number of amides is 1. The van der Waals surface area contributed by atoms with Gasteiger partial charge in [-0.3, -0.25) is 9.48 Å². The number of rotatable bonds is 3. The van der Waals surface area contributed by atoms with Crippen LogP contribution in [0.5, 0.6) is 0 Å². The largest absolute Gasteiger partial charge is 0.338 e. The van der Waals surface area contributed by atoms with Crippen molar-refractivity contribution in [2.75, 3.05) is 13.1 Å². The van der Waals surface area contributed by atoms with E-state index < -0.39 is 0 Å². The number of piperidine rings is 1. The highest BCUT2D eigenvalue weighted by Crippen LogP contribution is 2.35. The topological polar surface area (TPSA) is 38.1 Å². The summed E-state index contributed by atoms with van der Waals surface area (Å²) in [4.78, 5) is 14.7. The van der Waals surface area contributed by atoms with E-state index in [9.17, 15) is 4.79 Å². The smallest absolute Gasteiger partial charge is 0.257 e. The van der Waals surface area contributed by atoms with Crippen molar-refractivity contribution in [2.45, 2.75) is 38.1 Å². The van der Waals surface area contributed by atoms with Gasteiger partial charge in [-0.1, -0.05) is 37.3 Å². The average molecular weight is 309 g/mol. The van der Waals surface area contributed by atoms with Crippen LogP contribution in [0.3, 0.4) is 0 Å². The number of hydrogen-bond donors (Lipinski definition) is 0. The van der Waals surface area contributed by atoms with E-state index >= 15 is 0 Å². The molecule has 0 N–H and O–H groups in total. The van der Waals surface area contributed by atoms with Gasteiger partial charge in [-0.2, -0.15) is 5.10 Å². The summed E-state index contributed by atoms with van der Waals surface area (Å²) in [7, 11) is 0. The number of carbonyl (C=O) groups excluding carboxylic acids is 1. The van der Waals surface area contributed by atoms with Gasteiger partial charge in [0, 0.05) is 19.3 Å². The molecule has 2 aliphatic rings. The van der Waals surface area contributed by atoms with Crippen LogP contribution >= 0.6 is 0 Å². The van der Waals surface area contributed by atoms with Gasteiger partial charge >= 0.3 is 0 Å². The summed E-state index contributed by atoms with van der Waals surface area (Å²) in [5, 5.41) is 4.34. The Kier molecular flexibility index (Phi) is 3.68. The summed E-state index contributed by atoms with van der Waals surface area (Å²) in [6.07, 6.45) is 7.07. The van der Waals surface area contributed by atoms with Gasteiger partial charge in [0.05, 0.1) is 17.8 Å². The second-order valence-electron chi connectivity index (χ2n) is 6.97. The lowest BCUT2D eigenvalue weighted by Crippen LogP contribution is -2.42. The maximum atomic E-state index is 12.7. The van der Waals surface area contributed by atoms with Crippen LogP contribution in [-0.2, 0) is 0 Å². The summed E-state index contributed by atoms with van der Waals surface area (Å²) in [6, 6.07) is 11.2. The molecule has 1 saturated heterocycles. The highest BCUT2D eigenvalue weighted by Gasteiger charge is 2.31. The van der Waals surface area contributed by atoms with Crippen LogP contribution in [-0.4, -0.2) is 33.7 Å². The molecule has 120 valence electrons. The van der Waals surface area contributed by atoms with Crippen molar-refractivity contribution >= 4 is 5.91 Å². The standard InChI is InChI=1S/C19H23N3O/c1-14-12-21(10-9-18(14)15-5-3-2-4-6-15)19(23)16-11-20-22(13-16)17-7-8-17/h2-6,11,13-14,17-18H,7-10,12H2,1H3. The highest BCUT2D eigenvalue weighted by atomic mass is 16.2. The van der Waals surface area contributed by atoms with Crippen molar-refractivity contribution in [1.29, 1.82) is 0 Å². The third kappa shape index (κ3) is 2.90. The van der Waals surface area contributed by atoms with Crippen molar-refractivity contribution in [3.05, 3.63) is 53.9 Å². The quantitative estimate of drug-likeness (QED) is 0.870. The first-order valence-electron chi connectivity index (χ1n) is 8.61. The molecule has 1 aliphatic heterocycles. The number of carbonyl (C=O) groups is 1. The fourth-order valence-electron chi connectivity index (χ4n) is 3.70. The van der Waals surface area contributed by atoms with Gasteiger partial charge in [0.1, 0.15) is 0 Å². The zero-order valence-electron chi connectivity index (χ0n) is 13.6. The molecular formula is C19H23N3O. The van der Waals surface area contributed by atoms with Crippen LogP contribution in [0.25, 0.3) is 0 Å². The molecule has 2 fully saturated rings. The predicted molar refractivity (Wildman–Crippen MR) is 89.4 cm³/mol. The van der Waals surface area contributed by atoms with Gasteiger partial charge in [-0.15, -0.1) is 0 Å². The van der Waals surface area contributed by atoms with Crippen LogP contribution < -0.4 is 0 Å². The Balaban J connectivity index is 1.44. The van der Waals surface area contributed by atoms with Crippen molar-refractivity contribution in [2.24, 2.45) is 5.92 Å². The van der Waals surface area contributed by atoms with Crippen LogP contribution in [0.1, 0.15) is 54.1 Å².